The molecule has 21 heavy (non-hydrogen) atoms. The molecule has 1 aliphatic rings. The number of rotatable bonds is 3. The summed E-state index contributed by atoms with van der Waals surface area (Å²) in [5.41, 5.74) is 1.03. The van der Waals surface area contributed by atoms with Gasteiger partial charge in [0.1, 0.15) is 5.82 Å². The van der Waals surface area contributed by atoms with Crippen LogP contribution in [0.3, 0.4) is 0 Å². The summed E-state index contributed by atoms with van der Waals surface area (Å²) in [6.45, 7) is 1.60. The maximum absolute atomic E-state index is 9.81. The molecule has 1 aliphatic heterocycles. The average molecular weight is 301 g/mol. The topological polar surface area (TPSA) is 49.2 Å². The second kappa shape index (κ2) is 6.45. The second-order valence-electron chi connectivity index (χ2n) is 5.21. The second-order valence-corrected chi connectivity index (χ2v) is 6.09. The molecular weight excluding hydrogens is 282 g/mol. The van der Waals surface area contributed by atoms with Crippen LogP contribution >= 0.6 is 11.8 Å². The third-order valence-corrected chi connectivity index (χ3v) is 4.41. The van der Waals surface area contributed by atoms with E-state index in [1.54, 1.807) is 18.0 Å². The molecule has 3 rings (SSSR count). The monoisotopic (exact) mass is 301 g/mol. The van der Waals surface area contributed by atoms with Gasteiger partial charge in [0.05, 0.1) is 6.10 Å². The third kappa shape index (κ3) is 3.36. The van der Waals surface area contributed by atoms with E-state index in [0.29, 0.717) is 6.54 Å². The highest BCUT2D eigenvalue weighted by atomic mass is 32.2. The Morgan fingerprint density at radius 2 is 2.24 bits per heavy atom. The van der Waals surface area contributed by atoms with E-state index < -0.39 is 0 Å². The van der Waals surface area contributed by atoms with E-state index in [1.165, 1.54) is 4.90 Å². The van der Waals surface area contributed by atoms with Crippen LogP contribution in [0.1, 0.15) is 12.8 Å². The van der Waals surface area contributed by atoms with E-state index in [4.69, 9.17) is 0 Å². The van der Waals surface area contributed by atoms with Gasteiger partial charge in [0.25, 0.3) is 0 Å². The Bertz CT molecular complexity index is 620. The Morgan fingerprint density at radius 3 is 3.05 bits per heavy atom. The van der Waals surface area contributed by atoms with Crippen molar-refractivity contribution in [2.24, 2.45) is 0 Å². The van der Waals surface area contributed by atoms with Crippen molar-refractivity contribution in [3.05, 3.63) is 36.5 Å². The van der Waals surface area contributed by atoms with E-state index >= 15 is 0 Å². The molecule has 1 atom stereocenters. The fourth-order valence-corrected chi connectivity index (χ4v) is 3.05. The number of aliphatic hydroxyl groups is 1. The van der Waals surface area contributed by atoms with Crippen molar-refractivity contribution in [1.82, 2.24) is 9.97 Å². The Hall–Kier alpha value is -1.59. The van der Waals surface area contributed by atoms with Gasteiger partial charge < -0.3 is 10.0 Å². The van der Waals surface area contributed by atoms with Gasteiger partial charge in [-0.1, -0.05) is 12.1 Å². The molecule has 4 nitrogen and oxygen atoms in total. The van der Waals surface area contributed by atoms with Crippen molar-refractivity contribution in [1.29, 1.82) is 0 Å². The van der Waals surface area contributed by atoms with E-state index in [9.17, 15) is 5.11 Å². The first-order chi connectivity index (χ1) is 10.3. The van der Waals surface area contributed by atoms with Gasteiger partial charge in [-0.05, 0) is 37.3 Å². The Morgan fingerprint density at radius 1 is 1.33 bits per heavy atom. The summed E-state index contributed by atoms with van der Waals surface area (Å²) in [5.74, 6) is 1.64. The minimum Gasteiger partial charge on any atom is -0.391 e. The summed E-state index contributed by atoms with van der Waals surface area (Å²) in [4.78, 5) is 12.4. The van der Waals surface area contributed by atoms with Crippen molar-refractivity contribution in [2.45, 2.75) is 23.8 Å². The molecule has 1 N–H and O–H groups in total. The number of aliphatic hydroxyl groups excluding tert-OH is 1. The van der Waals surface area contributed by atoms with Crippen LogP contribution < -0.4 is 4.90 Å². The SMILES string of the molecule is CSc1cccc(-c2nccc(N3CCC[C@H](O)C3)n2)c1. The summed E-state index contributed by atoms with van der Waals surface area (Å²) < 4.78 is 0. The zero-order valence-electron chi connectivity index (χ0n) is 12.1. The molecule has 0 saturated carbocycles. The molecule has 0 spiro atoms. The number of anilines is 1. The minimum absolute atomic E-state index is 0.253. The maximum atomic E-state index is 9.81. The normalized spacial score (nSPS) is 18.8. The van der Waals surface area contributed by atoms with Crippen molar-refractivity contribution in [3.8, 4) is 11.4 Å². The highest BCUT2D eigenvalue weighted by molar-refractivity contribution is 7.98. The molecule has 110 valence electrons. The molecule has 5 heteroatoms. The number of benzene rings is 1. The van der Waals surface area contributed by atoms with E-state index in [-0.39, 0.29) is 6.10 Å². The van der Waals surface area contributed by atoms with E-state index in [2.05, 4.69) is 33.3 Å². The first-order valence-electron chi connectivity index (χ1n) is 7.17. The van der Waals surface area contributed by atoms with Crippen LogP contribution in [0.25, 0.3) is 11.4 Å². The fraction of sp³-hybridized carbons (Fsp3) is 0.375. The van der Waals surface area contributed by atoms with E-state index in [1.807, 2.05) is 18.2 Å². The highest BCUT2D eigenvalue weighted by Crippen LogP contribution is 2.24. The number of aromatic nitrogens is 2. The molecule has 1 aromatic heterocycles. The Kier molecular flexibility index (Phi) is 4.41. The largest absolute Gasteiger partial charge is 0.391 e. The lowest BCUT2D eigenvalue weighted by atomic mass is 10.1. The van der Waals surface area contributed by atoms with Crippen LogP contribution in [-0.4, -0.2) is 40.5 Å². The molecule has 1 aromatic carbocycles. The molecule has 0 unspecified atom stereocenters. The van der Waals surface area contributed by atoms with Crippen LogP contribution in [-0.2, 0) is 0 Å². The van der Waals surface area contributed by atoms with Gasteiger partial charge in [-0.3, -0.25) is 0 Å². The molecule has 0 aliphatic carbocycles. The number of hydrogen-bond acceptors (Lipinski definition) is 5. The van der Waals surface area contributed by atoms with Crippen molar-refractivity contribution in [2.75, 3.05) is 24.2 Å². The van der Waals surface area contributed by atoms with Gasteiger partial charge in [0.2, 0.25) is 0 Å². The predicted molar refractivity (Wildman–Crippen MR) is 86.7 cm³/mol. The number of hydrogen-bond donors (Lipinski definition) is 1. The van der Waals surface area contributed by atoms with Crippen LogP contribution in [0.2, 0.25) is 0 Å². The zero-order chi connectivity index (χ0) is 14.7. The molecule has 2 aromatic rings. The molecule has 0 bridgehead atoms. The summed E-state index contributed by atoms with van der Waals surface area (Å²) in [5, 5.41) is 9.81. The third-order valence-electron chi connectivity index (χ3n) is 3.69. The summed E-state index contributed by atoms with van der Waals surface area (Å²) in [6, 6.07) is 10.2. The Labute approximate surface area is 129 Å². The summed E-state index contributed by atoms with van der Waals surface area (Å²) >= 11 is 1.71. The van der Waals surface area contributed by atoms with Crippen molar-refractivity contribution < 1.29 is 5.11 Å². The van der Waals surface area contributed by atoms with Crippen molar-refractivity contribution >= 4 is 17.6 Å². The minimum atomic E-state index is -0.253. The summed E-state index contributed by atoms with van der Waals surface area (Å²) in [7, 11) is 0. The predicted octanol–water partition coefficient (Wildman–Crippen LogP) is 2.83. The summed E-state index contributed by atoms with van der Waals surface area (Å²) in [6.07, 6.45) is 5.49. The lowest BCUT2D eigenvalue weighted by molar-refractivity contribution is 0.154. The van der Waals surface area contributed by atoms with Gasteiger partial charge in [0, 0.05) is 29.7 Å². The number of thioether (sulfide) groups is 1. The lowest BCUT2D eigenvalue weighted by Gasteiger charge is -2.31. The number of β-amino-alcohol motifs (C(OH)–C–C–N with tert-alkyl or cyclic N) is 1. The lowest BCUT2D eigenvalue weighted by Crippen LogP contribution is -2.38. The average Bonchev–Trinajstić information content (AvgIpc) is 2.55. The highest BCUT2D eigenvalue weighted by Gasteiger charge is 2.19. The molecule has 1 fully saturated rings. The first-order valence-corrected chi connectivity index (χ1v) is 8.39. The molecule has 2 heterocycles. The van der Waals surface area contributed by atoms with Crippen LogP contribution in [0.4, 0.5) is 5.82 Å². The molecule has 0 amide bonds. The van der Waals surface area contributed by atoms with Crippen LogP contribution in [0, 0.1) is 0 Å². The van der Waals surface area contributed by atoms with Crippen LogP contribution in [0.5, 0.6) is 0 Å². The van der Waals surface area contributed by atoms with Gasteiger partial charge in [-0.15, -0.1) is 11.8 Å². The molecular formula is C16H19N3OS. The van der Waals surface area contributed by atoms with Gasteiger partial charge >= 0.3 is 0 Å². The molecule has 1 saturated heterocycles. The Balaban J connectivity index is 1.88. The maximum Gasteiger partial charge on any atom is 0.161 e. The van der Waals surface area contributed by atoms with Gasteiger partial charge in [-0.25, -0.2) is 9.97 Å². The standard InChI is InChI=1S/C16H19N3OS/c1-21-14-6-2-4-12(10-14)16-17-8-7-15(18-16)19-9-3-5-13(20)11-19/h2,4,6-8,10,13,20H,3,5,9,11H2,1H3/t13-/m0/s1. The van der Waals surface area contributed by atoms with Gasteiger partial charge in [0.15, 0.2) is 5.82 Å². The number of piperidine rings is 1. The number of nitrogens with zero attached hydrogens (tertiary/aromatic N) is 3. The molecule has 0 radical (unpaired) electrons. The van der Waals surface area contributed by atoms with E-state index in [0.717, 1.165) is 36.6 Å². The fourth-order valence-electron chi connectivity index (χ4n) is 2.59. The van der Waals surface area contributed by atoms with Crippen molar-refractivity contribution in [3.63, 3.8) is 0 Å². The van der Waals surface area contributed by atoms with Gasteiger partial charge in [-0.2, -0.15) is 0 Å². The zero-order valence-corrected chi connectivity index (χ0v) is 12.9. The van der Waals surface area contributed by atoms with Crippen LogP contribution in [0.15, 0.2) is 41.4 Å². The smallest absolute Gasteiger partial charge is 0.161 e. The quantitative estimate of drug-likeness (QED) is 0.883. The first kappa shape index (κ1) is 14.4.